The van der Waals surface area contributed by atoms with Crippen molar-refractivity contribution in [1.82, 2.24) is 15.0 Å². The SMILES string of the molecule is Clc1ccccc1Cn1nncc1-c1ccccc1. The number of hydrogen-bond acceptors (Lipinski definition) is 2. The van der Waals surface area contributed by atoms with E-state index in [-0.39, 0.29) is 0 Å². The van der Waals surface area contributed by atoms with Crippen LogP contribution in [0.4, 0.5) is 0 Å². The minimum Gasteiger partial charge on any atom is -0.240 e. The molecule has 0 bridgehead atoms. The Morgan fingerprint density at radius 1 is 0.947 bits per heavy atom. The van der Waals surface area contributed by atoms with E-state index in [1.807, 2.05) is 59.3 Å². The molecule has 94 valence electrons. The van der Waals surface area contributed by atoms with Gasteiger partial charge in [-0.1, -0.05) is 65.3 Å². The van der Waals surface area contributed by atoms with Crippen LogP contribution in [0.5, 0.6) is 0 Å². The van der Waals surface area contributed by atoms with Crippen molar-refractivity contribution in [2.45, 2.75) is 6.54 Å². The van der Waals surface area contributed by atoms with Crippen molar-refractivity contribution in [3.63, 3.8) is 0 Å². The van der Waals surface area contributed by atoms with E-state index in [0.29, 0.717) is 6.54 Å². The third-order valence-corrected chi connectivity index (χ3v) is 3.33. The summed E-state index contributed by atoms with van der Waals surface area (Å²) in [4.78, 5) is 0. The maximum absolute atomic E-state index is 6.18. The summed E-state index contributed by atoms with van der Waals surface area (Å²) in [5.74, 6) is 0. The first-order chi connectivity index (χ1) is 9.34. The molecule has 2 aromatic carbocycles. The summed E-state index contributed by atoms with van der Waals surface area (Å²) in [7, 11) is 0. The van der Waals surface area contributed by atoms with Gasteiger partial charge in [0.15, 0.2) is 0 Å². The zero-order chi connectivity index (χ0) is 13.1. The van der Waals surface area contributed by atoms with Gasteiger partial charge in [-0.2, -0.15) is 0 Å². The van der Waals surface area contributed by atoms with Crippen LogP contribution in [0.3, 0.4) is 0 Å². The standard InChI is InChI=1S/C15H12ClN3/c16-14-9-5-4-8-13(14)11-19-15(10-17-18-19)12-6-2-1-3-7-12/h1-10H,11H2. The molecule has 0 fully saturated rings. The Morgan fingerprint density at radius 2 is 1.68 bits per heavy atom. The predicted octanol–water partition coefficient (Wildman–Crippen LogP) is 3.65. The third-order valence-electron chi connectivity index (χ3n) is 2.97. The fourth-order valence-electron chi connectivity index (χ4n) is 1.99. The number of rotatable bonds is 3. The van der Waals surface area contributed by atoms with E-state index in [2.05, 4.69) is 10.3 Å². The highest BCUT2D eigenvalue weighted by molar-refractivity contribution is 6.31. The molecule has 0 atom stereocenters. The summed E-state index contributed by atoms with van der Waals surface area (Å²) in [6.07, 6.45) is 1.77. The molecule has 0 aliphatic rings. The van der Waals surface area contributed by atoms with Crippen LogP contribution in [-0.4, -0.2) is 15.0 Å². The molecule has 0 amide bonds. The van der Waals surface area contributed by atoms with E-state index in [0.717, 1.165) is 21.8 Å². The van der Waals surface area contributed by atoms with E-state index in [4.69, 9.17) is 11.6 Å². The van der Waals surface area contributed by atoms with Crippen molar-refractivity contribution in [3.8, 4) is 11.3 Å². The lowest BCUT2D eigenvalue weighted by Crippen LogP contribution is -2.04. The summed E-state index contributed by atoms with van der Waals surface area (Å²) in [6, 6.07) is 17.9. The monoisotopic (exact) mass is 269 g/mol. The molecule has 0 aliphatic heterocycles. The van der Waals surface area contributed by atoms with Gasteiger partial charge in [-0.25, -0.2) is 4.68 Å². The Bertz CT molecular complexity index is 677. The fourth-order valence-corrected chi connectivity index (χ4v) is 2.19. The second-order valence-electron chi connectivity index (χ2n) is 4.23. The van der Waals surface area contributed by atoms with Crippen LogP contribution in [0.15, 0.2) is 60.8 Å². The topological polar surface area (TPSA) is 30.7 Å². The Hall–Kier alpha value is -2.13. The van der Waals surface area contributed by atoms with Crippen molar-refractivity contribution in [2.24, 2.45) is 0 Å². The third kappa shape index (κ3) is 2.51. The van der Waals surface area contributed by atoms with Crippen molar-refractivity contribution in [3.05, 3.63) is 71.4 Å². The van der Waals surface area contributed by atoms with Gasteiger partial charge in [0.05, 0.1) is 18.4 Å². The molecular formula is C15H12ClN3. The first-order valence-electron chi connectivity index (χ1n) is 6.02. The first-order valence-corrected chi connectivity index (χ1v) is 6.40. The molecule has 1 heterocycles. The summed E-state index contributed by atoms with van der Waals surface area (Å²) in [6.45, 7) is 0.615. The summed E-state index contributed by atoms with van der Waals surface area (Å²) in [5.41, 5.74) is 3.12. The van der Waals surface area contributed by atoms with Crippen LogP contribution in [0.25, 0.3) is 11.3 Å². The Labute approximate surface area is 116 Å². The van der Waals surface area contributed by atoms with Crippen LogP contribution in [-0.2, 0) is 6.54 Å². The average molecular weight is 270 g/mol. The zero-order valence-corrected chi connectivity index (χ0v) is 11.0. The lowest BCUT2D eigenvalue weighted by Gasteiger charge is -2.07. The lowest BCUT2D eigenvalue weighted by molar-refractivity contribution is 0.656. The highest BCUT2D eigenvalue weighted by Crippen LogP contribution is 2.21. The van der Waals surface area contributed by atoms with Crippen molar-refractivity contribution in [1.29, 1.82) is 0 Å². The van der Waals surface area contributed by atoms with E-state index in [9.17, 15) is 0 Å². The Morgan fingerprint density at radius 3 is 2.47 bits per heavy atom. The summed E-state index contributed by atoms with van der Waals surface area (Å²) in [5, 5.41) is 8.88. The Kier molecular flexibility index (Phi) is 3.29. The normalized spacial score (nSPS) is 10.6. The van der Waals surface area contributed by atoms with Gasteiger partial charge in [-0.05, 0) is 11.6 Å². The largest absolute Gasteiger partial charge is 0.240 e. The number of benzene rings is 2. The molecule has 4 heteroatoms. The maximum atomic E-state index is 6.18. The quantitative estimate of drug-likeness (QED) is 0.727. The fraction of sp³-hybridized carbons (Fsp3) is 0.0667. The van der Waals surface area contributed by atoms with Gasteiger partial charge in [-0.3, -0.25) is 0 Å². The van der Waals surface area contributed by atoms with Crippen LogP contribution < -0.4 is 0 Å². The average Bonchev–Trinajstić information content (AvgIpc) is 2.91. The van der Waals surface area contributed by atoms with Crippen LogP contribution >= 0.6 is 11.6 Å². The van der Waals surface area contributed by atoms with E-state index in [1.54, 1.807) is 6.20 Å². The highest BCUT2D eigenvalue weighted by atomic mass is 35.5. The molecule has 0 spiro atoms. The van der Waals surface area contributed by atoms with Gasteiger partial charge in [0.2, 0.25) is 0 Å². The lowest BCUT2D eigenvalue weighted by atomic mass is 10.1. The molecule has 0 unspecified atom stereocenters. The molecule has 3 rings (SSSR count). The van der Waals surface area contributed by atoms with Crippen LogP contribution in [0.1, 0.15) is 5.56 Å². The minimum atomic E-state index is 0.615. The zero-order valence-electron chi connectivity index (χ0n) is 10.2. The molecule has 0 aliphatic carbocycles. The molecule has 3 aromatic rings. The minimum absolute atomic E-state index is 0.615. The molecule has 1 aromatic heterocycles. The highest BCUT2D eigenvalue weighted by Gasteiger charge is 2.08. The van der Waals surface area contributed by atoms with Crippen molar-refractivity contribution in [2.75, 3.05) is 0 Å². The number of halogens is 1. The molecule has 0 saturated heterocycles. The molecule has 0 N–H and O–H groups in total. The van der Waals surface area contributed by atoms with Gasteiger partial charge in [0.1, 0.15) is 0 Å². The predicted molar refractivity (Wildman–Crippen MR) is 76.0 cm³/mol. The van der Waals surface area contributed by atoms with Gasteiger partial charge in [0, 0.05) is 10.6 Å². The first kappa shape index (κ1) is 11.9. The number of aromatic nitrogens is 3. The summed E-state index contributed by atoms with van der Waals surface area (Å²) < 4.78 is 1.86. The van der Waals surface area contributed by atoms with E-state index in [1.165, 1.54) is 0 Å². The maximum Gasteiger partial charge on any atom is 0.0889 e. The Balaban J connectivity index is 1.96. The second-order valence-corrected chi connectivity index (χ2v) is 4.64. The molecule has 19 heavy (non-hydrogen) atoms. The smallest absolute Gasteiger partial charge is 0.0889 e. The number of hydrogen-bond donors (Lipinski definition) is 0. The van der Waals surface area contributed by atoms with Crippen LogP contribution in [0.2, 0.25) is 5.02 Å². The van der Waals surface area contributed by atoms with E-state index < -0.39 is 0 Å². The second kappa shape index (κ2) is 5.24. The van der Waals surface area contributed by atoms with E-state index >= 15 is 0 Å². The molecule has 0 radical (unpaired) electrons. The van der Waals surface area contributed by atoms with Gasteiger partial charge in [0.25, 0.3) is 0 Å². The van der Waals surface area contributed by atoms with Gasteiger partial charge < -0.3 is 0 Å². The van der Waals surface area contributed by atoms with Gasteiger partial charge >= 0.3 is 0 Å². The summed E-state index contributed by atoms with van der Waals surface area (Å²) >= 11 is 6.18. The molecule has 0 saturated carbocycles. The van der Waals surface area contributed by atoms with Crippen molar-refractivity contribution >= 4 is 11.6 Å². The van der Waals surface area contributed by atoms with Gasteiger partial charge in [-0.15, -0.1) is 5.10 Å². The molecule has 3 nitrogen and oxygen atoms in total. The molecular weight excluding hydrogens is 258 g/mol. The number of nitrogens with zero attached hydrogens (tertiary/aromatic N) is 3. The van der Waals surface area contributed by atoms with Crippen molar-refractivity contribution < 1.29 is 0 Å². The van der Waals surface area contributed by atoms with Crippen LogP contribution in [0, 0.1) is 0 Å².